The summed E-state index contributed by atoms with van der Waals surface area (Å²) < 4.78 is 0. The van der Waals surface area contributed by atoms with Crippen LogP contribution in [-0.4, -0.2) is 15.4 Å². The fourth-order valence-electron chi connectivity index (χ4n) is 2.87. The van der Waals surface area contributed by atoms with E-state index in [1.807, 2.05) is 0 Å². The van der Waals surface area contributed by atoms with Gasteiger partial charge in [-0.05, 0) is 43.4 Å². The van der Waals surface area contributed by atoms with E-state index in [1.54, 1.807) is 0 Å². The lowest BCUT2D eigenvalue weighted by Crippen LogP contribution is -2.00. The van der Waals surface area contributed by atoms with Crippen molar-refractivity contribution in [1.29, 1.82) is 0 Å². The van der Waals surface area contributed by atoms with Gasteiger partial charge in [-0.15, -0.1) is 0 Å². The summed E-state index contributed by atoms with van der Waals surface area (Å²) in [5.41, 5.74) is 2.44. The Morgan fingerprint density at radius 1 is 1.08 bits per heavy atom. The van der Waals surface area contributed by atoms with Crippen LogP contribution >= 0.6 is 0 Å². The lowest BCUT2D eigenvalue weighted by atomic mass is 10.0. The number of fused-ring (bicyclic) bond motifs is 2. The maximum Gasteiger partial charge on any atom is 0.0856 e. The van der Waals surface area contributed by atoms with E-state index in [-0.39, 0.29) is 0 Å². The molecular weight excluding hydrogens is 162 g/mol. The van der Waals surface area contributed by atoms with Crippen molar-refractivity contribution in [2.75, 3.05) is 0 Å². The Labute approximate surface area is 77.9 Å². The molecule has 0 radical (unpaired) electrons. The largest absolute Gasteiger partial charge is 0.197 e. The van der Waals surface area contributed by atoms with Crippen LogP contribution in [0.3, 0.4) is 0 Å². The molecule has 2 aliphatic rings. The van der Waals surface area contributed by atoms with Crippen molar-refractivity contribution < 1.29 is 0 Å². The molecule has 0 aromatic carbocycles. The Bertz CT molecular complexity index is 289. The number of nitrogens with zero attached hydrogens (tertiary/aromatic N) is 2. The van der Waals surface area contributed by atoms with Crippen molar-refractivity contribution >= 4 is 0 Å². The minimum Gasteiger partial charge on any atom is -0.197 e. The van der Waals surface area contributed by atoms with E-state index in [1.165, 1.54) is 24.2 Å². The van der Waals surface area contributed by atoms with Gasteiger partial charge in [0.15, 0.2) is 0 Å². The van der Waals surface area contributed by atoms with E-state index in [2.05, 4.69) is 22.3 Å². The van der Waals surface area contributed by atoms with Crippen molar-refractivity contribution in [2.45, 2.75) is 32.6 Å². The second-order valence-corrected chi connectivity index (χ2v) is 4.48. The van der Waals surface area contributed by atoms with E-state index in [0.29, 0.717) is 0 Å². The van der Waals surface area contributed by atoms with E-state index in [0.717, 1.165) is 30.6 Å². The first-order valence-electron chi connectivity index (χ1n) is 5.25. The number of nitrogens with one attached hydrogen (secondary N) is 1. The average molecular weight is 177 g/mol. The van der Waals surface area contributed by atoms with Gasteiger partial charge in [-0.3, -0.25) is 0 Å². The molecule has 1 aromatic rings. The van der Waals surface area contributed by atoms with Crippen LogP contribution in [0, 0.1) is 17.8 Å². The van der Waals surface area contributed by atoms with Crippen LogP contribution in [-0.2, 0) is 12.8 Å². The zero-order valence-corrected chi connectivity index (χ0v) is 7.95. The molecule has 0 spiro atoms. The Balaban J connectivity index is 1.83. The van der Waals surface area contributed by atoms with Crippen molar-refractivity contribution in [3.63, 3.8) is 0 Å². The molecule has 3 rings (SSSR count). The number of rotatable bonds is 0. The molecule has 0 aliphatic heterocycles. The van der Waals surface area contributed by atoms with Crippen LogP contribution in [0.1, 0.15) is 31.2 Å². The Hall–Kier alpha value is -0.860. The van der Waals surface area contributed by atoms with Crippen LogP contribution in [0.4, 0.5) is 0 Å². The highest BCUT2D eigenvalue weighted by Crippen LogP contribution is 2.52. The molecule has 0 bridgehead atoms. The number of aromatic amines is 1. The Kier molecular flexibility index (Phi) is 1.49. The number of hydrogen-bond acceptors (Lipinski definition) is 2. The summed E-state index contributed by atoms with van der Waals surface area (Å²) in [5.74, 6) is 2.95. The predicted molar refractivity (Wildman–Crippen MR) is 49.2 cm³/mol. The molecule has 2 aliphatic carbocycles. The molecule has 0 saturated heterocycles. The fraction of sp³-hybridized carbons (Fsp3) is 0.800. The van der Waals surface area contributed by atoms with Gasteiger partial charge in [0.1, 0.15) is 0 Å². The molecule has 1 saturated carbocycles. The van der Waals surface area contributed by atoms with Crippen LogP contribution in [0.2, 0.25) is 0 Å². The van der Waals surface area contributed by atoms with Gasteiger partial charge in [0.2, 0.25) is 0 Å². The third-order valence-electron chi connectivity index (χ3n) is 3.89. The molecule has 1 N–H and O–H groups in total. The van der Waals surface area contributed by atoms with Gasteiger partial charge in [-0.2, -0.15) is 15.4 Å². The first kappa shape index (κ1) is 7.54. The minimum atomic E-state index is 0.966. The summed E-state index contributed by atoms with van der Waals surface area (Å²) in [5, 5.41) is 11.1. The molecule has 0 amide bonds. The third-order valence-corrected chi connectivity index (χ3v) is 3.89. The lowest BCUT2D eigenvalue weighted by molar-refractivity contribution is 0.579. The first-order valence-corrected chi connectivity index (χ1v) is 5.25. The van der Waals surface area contributed by atoms with Crippen LogP contribution in [0.15, 0.2) is 0 Å². The van der Waals surface area contributed by atoms with E-state index in [4.69, 9.17) is 0 Å². The summed E-state index contributed by atoms with van der Waals surface area (Å²) in [6, 6.07) is 0. The molecular formula is C10H15N3. The highest BCUT2D eigenvalue weighted by molar-refractivity contribution is 5.13. The van der Waals surface area contributed by atoms with Crippen LogP contribution in [0.25, 0.3) is 0 Å². The maximum atomic E-state index is 4.20. The third kappa shape index (κ3) is 1.10. The van der Waals surface area contributed by atoms with Crippen LogP contribution in [0.5, 0.6) is 0 Å². The van der Waals surface area contributed by atoms with E-state index in [9.17, 15) is 0 Å². The quantitative estimate of drug-likeness (QED) is 0.653. The van der Waals surface area contributed by atoms with Crippen molar-refractivity contribution in [1.82, 2.24) is 15.4 Å². The predicted octanol–water partition coefficient (Wildman–Crippen LogP) is 1.57. The summed E-state index contributed by atoms with van der Waals surface area (Å²) >= 11 is 0. The molecule has 13 heavy (non-hydrogen) atoms. The molecule has 1 fully saturated rings. The zero-order valence-electron chi connectivity index (χ0n) is 7.95. The first-order chi connectivity index (χ1) is 6.36. The lowest BCUT2D eigenvalue weighted by Gasteiger charge is -2.04. The monoisotopic (exact) mass is 177 g/mol. The smallest absolute Gasteiger partial charge is 0.0856 e. The standard InChI is InChI=1S/C10H15N3/c1-6-7-2-4-9-10(12-13-11-9)5-3-8(6)7/h6-8H,2-5H2,1H3,(H,11,12,13)/t6?,7-,8+. The average Bonchev–Trinajstić information content (AvgIpc) is 2.55. The number of aromatic nitrogens is 3. The molecule has 70 valence electrons. The molecule has 3 nitrogen and oxygen atoms in total. The highest BCUT2D eigenvalue weighted by Gasteiger charge is 2.46. The summed E-state index contributed by atoms with van der Waals surface area (Å²) in [4.78, 5) is 0. The number of hydrogen-bond donors (Lipinski definition) is 1. The van der Waals surface area contributed by atoms with E-state index >= 15 is 0 Å². The topological polar surface area (TPSA) is 41.6 Å². The molecule has 3 atom stereocenters. The second-order valence-electron chi connectivity index (χ2n) is 4.48. The summed E-state index contributed by atoms with van der Waals surface area (Å²) in [7, 11) is 0. The molecule has 1 heterocycles. The highest BCUT2D eigenvalue weighted by atomic mass is 15.3. The van der Waals surface area contributed by atoms with Gasteiger partial charge in [-0.25, -0.2) is 0 Å². The SMILES string of the molecule is CC1[C@H]2CCc3n[nH]nc3CC[C@@H]12. The molecule has 1 unspecified atom stereocenters. The van der Waals surface area contributed by atoms with Gasteiger partial charge in [0, 0.05) is 0 Å². The number of H-pyrrole nitrogens is 1. The Morgan fingerprint density at radius 2 is 1.62 bits per heavy atom. The Morgan fingerprint density at radius 3 is 2.15 bits per heavy atom. The second kappa shape index (κ2) is 2.56. The van der Waals surface area contributed by atoms with Gasteiger partial charge >= 0.3 is 0 Å². The van der Waals surface area contributed by atoms with Gasteiger partial charge in [0.05, 0.1) is 11.4 Å². The van der Waals surface area contributed by atoms with Crippen LogP contribution < -0.4 is 0 Å². The minimum absolute atomic E-state index is 0.966. The molecule has 3 heteroatoms. The molecule has 1 aromatic heterocycles. The summed E-state index contributed by atoms with van der Waals surface area (Å²) in [6.45, 7) is 2.39. The normalized spacial score (nSPS) is 37.2. The maximum absolute atomic E-state index is 4.20. The van der Waals surface area contributed by atoms with Gasteiger partial charge in [-0.1, -0.05) is 6.92 Å². The zero-order chi connectivity index (χ0) is 8.84. The van der Waals surface area contributed by atoms with Crippen molar-refractivity contribution in [2.24, 2.45) is 17.8 Å². The van der Waals surface area contributed by atoms with Crippen molar-refractivity contribution in [3.8, 4) is 0 Å². The number of aryl methyl sites for hydroxylation is 2. The van der Waals surface area contributed by atoms with E-state index < -0.39 is 0 Å². The van der Waals surface area contributed by atoms with Crippen molar-refractivity contribution in [3.05, 3.63) is 11.4 Å². The van der Waals surface area contributed by atoms with Gasteiger partial charge < -0.3 is 0 Å². The summed E-state index contributed by atoms with van der Waals surface area (Å²) in [6.07, 6.45) is 4.92. The van der Waals surface area contributed by atoms with Gasteiger partial charge in [0.25, 0.3) is 0 Å². The fourth-order valence-corrected chi connectivity index (χ4v) is 2.87.